The predicted molar refractivity (Wildman–Crippen MR) is 69.4 cm³/mol. The minimum absolute atomic E-state index is 0.0900. The molecule has 1 amide bonds. The molecule has 0 aliphatic heterocycles. The maximum absolute atomic E-state index is 11.6. The van der Waals surface area contributed by atoms with Gasteiger partial charge in [-0.3, -0.25) is 14.9 Å². The number of anilines is 1. The molecule has 0 saturated carbocycles. The Kier molecular flexibility index (Phi) is 5.26. The van der Waals surface area contributed by atoms with Crippen molar-refractivity contribution in [3.63, 3.8) is 0 Å². The molecule has 0 bridgehead atoms. The first-order chi connectivity index (χ1) is 8.54. The summed E-state index contributed by atoms with van der Waals surface area (Å²) < 4.78 is 0. The molecule has 1 aromatic rings. The summed E-state index contributed by atoms with van der Waals surface area (Å²) in [6.45, 7) is 2.35. The smallest absolute Gasteiger partial charge is 0.292 e. The van der Waals surface area contributed by atoms with E-state index in [4.69, 9.17) is 5.73 Å². The number of hydrogen-bond acceptors (Lipinski definition) is 4. The van der Waals surface area contributed by atoms with E-state index in [2.05, 4.69) is 5.32 Å². The van der Waals surface area contributed by atoms with Crippen molar-refractivity contribution in [3.05, 3.63) is 33.9 Å². The molecule has 0 spiro atoms. The topological polar surface area (TPSA) is 98.3 Å². The van der Waals surface area contributed by atoms with Gasteiger partial charge in [0.2, 0.25) is 5.91 Å². The molecule has 3 N–H and O–H groups in total. The van der Waals surface area contributed by atoms with Gasteiger partial charge in [0.05, 0.1) is 4.92 Å². The highest BCUT2D eigenvalue weighted by atomic mass is 16.6. The largest absolute Gasteiger partial charge is 0.330 e. The second kappa shape index (κ2) is 6.70. The van der Waals surface area contributed by atoms with E-state index in [1.165, 1.54) is 6.07 Å². The summed E-state index contributed by atoms with van der Waals surface area (Å²) in [5.74, 6) is -0.225. The van der Waals surface area contributed by atoms with E-state index < -0.39 is 4.92 Å². The lowest BCUT2D eigenvalue weighted by atomic mass is 10.1. The van der Waals surface area contributed by atoms with Crippen LogP contribution in [0.2, 0.25) is 0 Å². The Morgan fingerprint density at radius 3 is 2.78 bits per heavy atom. The van der Waals surface area contributed by atoms with Crippen LogP contribution in [0.15, 0.2) is 18.2 Å². The van der Waals surface area contributed by atoms with Crippen LogP contribution in [0.25, 0.3) is 0 Å². The van der Waals surface area contributed by atoms with Crippen molar-refractivity contribution in [2.75, 3.05) is 11.9 Å². The average Bonchev–Trinajstić information content (AvgIpc) is 2.29. The molecule has 0 aromatic heterocycles. The number of nitro groups is 1. The first kappa shape index (κ1) is 14.1. The van der Waals surface area contributed by atoms with Crippen LogP contribution in [0.3, 0.4) is 0 Å². The van der Waals surface area contributed by atoms with Crippen molar-refractivity contribution >= 4 is 17.3 Å². The number of hydrogen-bond donors (Lipinski definition) is 2. The predicted octanol–water partition coefficient (Wildman–Crippen LogP) is 1.97. The third-order valence-corrected chi connectivity index (χ3v) is 2.48. The molecule has 0 atom stereocenters. The molecular weight excluding hydrogens is 234 g/mol. The van der Waals surface area contributed by atoms with Crippen molar-refractivity contribution in [2.24, 2.45) is 5.73 Å². The number of carbonyl (C=O) groups is 1. The lowest BCUT2D eigenvalue weighted by Gasteiger charge is -2.06. The first-order valence-electron chi connectivity index (χ1n) is 5.79. The fraction of sp³-hybridized carbons (Fsp3) is 0.417. The molecule has 0 radical (unpaired) electrons. The highest BCUT2D eigenvalue weighted by Gasteiger charge is 2.15. The summed E-state index contributed by atoms with van der Waals surface area (Å²) in [7, 11) is 0. The zero-order valence-electron chi connectivity index (χ0n) is 10.3. The standard InChI is InChI=1S/C12H17N3O3/c1-9-5-6-11(15(17)18)10(8-9)14-12(16)4-2-3-7-13/h5-6,8H,2-4,7,13H2,1H3,(H,14,16). The highest BCUT2D eigenvalue weighted by molar-refractivity contribution is 5.93. The second-order valence-electron chi connectivity index (χ2n) is 4.07. The number of amides is 1. The van der Waals surface area contributed by atoms with Crippen molar-refractivity contribution in [1.82, 2.24) is 0 Å². The fourth-order valence-electron chi connectivity index (χ4n) is 1.55. The maximum atomic E-state index is 11.6. The summed E-state index contributed by atoms with van der Waals surface area (Å²) in [4.78, 5) is 21.9. The third kappa shape index (κ3) is 4.14. The summed E-state index contributed by atoms with van der Waals surface area (Å²) >= 11 is 0. The fourth-order valence-corrected chi connectivity index (χ4v) is 1.55. The van der Waals surface area contributed by atoms with Gasteiger partial charge in [-0.25, -0.2) is 0 Å². The molecular formula is C12H17N3O3. The van der Waals surface area contributed by atoms with E-state index in [1.54, 1.807) is 12.1 Å². The monoisotopic (exact) mass is 251 g/mol. The number of nitrogens with one attached hydrogen (secondary N) is 1. The maximum Gasteiger partial charge on any atom is 0.292 e. The zero-order chi connectivity index (χ0) is 13.5. The number of aryl methyl sites for hydroxylation is 1. The molecule has 0 aliphatic carbocycles. The van der Waals surface area contributed by atoms with E-state index >= 15 is 0 Å². The Labute approximate surface area is 105 Å². The van der Waals surface area contributed by atoms with Crippen LogP contribution >= 0.6 is 0 Å². The number of carbonyl (C=O) groups excluding carboxylic acids is 1. The third-order valence-electron chi connectivity index (χ3n) is 2.48. The summed E-state index contributed by atoms with van der Waals surface area (Å²) in [5.41, 5.74) is 6.35. The quantitative estimate of drug-likeness (QED) is 0.458. The molecule has 0 fully saturated rings. The van der Waals surface area contributed by atoms with Crippen LogP contribution in [-0.2, 0) is 4.79 Å². The Balaban J connectivity index is 2.73. The van der Waals surface area contributed by atoms with Gasteiger partial charge in [0.1, 0.15) is 5.69 Å². The van der Waals surface area contributed by atoms with E-state index in [-0.39, 0.29) is 17.3 Å². The van der Waals surface area contributed by atoms with Crippen LogP contribution in [-0.4, -0.2) is 17.4 Å². The molecule has 0 heterocycles. The van der Waals surface area contributed by atoms with Crippen LogP contribution < -0.4 is 11.1 Å². The molecule has 98 valence electrons. The SMILES string of the molecule is Cc1ccc([N+](=O)[O-])c(NC(=O)CCCCN)c1. The normalized spacial score (nSPS) is 10.1. The van der Waals surface area contributed by atoms with Crippen molar-refractivity contribution in [3.8, 4) is 0 Å². The molecule has 0 unspecified atom stereocenters. The lowest BCUT2D eigenvalue weighted by Crippen LogP contribution is -2.13. The molecule has 6 nitrogen and oxygen atoms in total. The van der Waals surface area contributed by atoms with Gasteiger partial charge < -0.3 is 11.1 Å². The van der Waals surface area contributed by atoms with E-state index in [0.717, 1.165) is 12.0 Å². The molecule has 0 aliphatic rings. The number of benzene rings is 1. The van der Waals surface area contributed by atoms with E-state index in [0.29, 0.717) is 19.4 Å². The molecule has 6 heteroatoms. The van der Waals surface area contributed by atoms with Crippen LogP contribution in [0, 0.1) is 17.0 Å². The van der Waals surface area contributed by atoms with Gasteiger partial charge in [0.25, 0.3) is 5.69 Å². The van der Waals surface area contributed by atoms with Gasteiger partial charge in [-0.05, 0) is 37.9 Å². The van der Waals surface area contributed by atoms with Gasteiger partial charge in [0, 0.05) is 12.5 Å². The van der Waals surface area contributed by atoms with Crippen molar-refractivity contribution in [1.29, 1.82) is 0 Å². The van der Waals surface area contributed by atoms with E-state index in [1.807, 2.05) is 6.92 Å². The summed E-state index contributed by atoms with van der Waals surface area (Å²) in [5, 5.41) is 13.4. The summed E-state index contributed by atoms with van der Waals surface area (Å²) in [6, 6.07) is 4.63. The average molecular weight is 251 g/mol. The molecule has 18 heavy (non-hydrogen) atoms. The summed E-state index contributed by atoms with van der Waals surface area (Å²) in [6.07, 6.45) is 1.77. The lowest BCUT2D eigenvalue weighted by molar-refractivity contribution is -0.383. The highest BCUT2D eigenvalue weighted by Crippen LogP contribution is 2.25. The van der Waals surface area contributed by atoms with Crippen LogP contribution in [0.1, 0.15) is 24.8 Å². The minimum Gasteiger partial charge on any atom is -0.330 e. The Morgan fingerprint density at radius 2 is 2.17 bits per heavy atom. The zero-order valence-corrected chi connectivity index (χ0v) is 10.3. The van der Waals surface area contributed by atoms with Gasteiger partial charge in [0.15, 0.2) is 0 Å². The number of nitro benzene ring substituents is 1. The number of rotatable bonds is 6. The number of nitrogens with two attached hydrogens (primary N) is 1. The Bertz CT molecular complexity index is 446. The van der Waals surface area contributed by atoms with Crippen LogP contribution in [0.5, 0.6) is 0 Å². The molecule has 1 aromatic carbocycles. The first-order valence-corrected chi connectivity index (χ1v) is 5.79. The van der Waals surface area contributed by atoms with Crippen molar-refractivity contribution < 1.29 is 9.72 Å². The number of unbranched alkanes of at least 4 members (excludes halogenated alkanes) is 1. The molecule has 1 rings (SSSR count). The minimum atomic E-state index is -0.505. The number of nitrogens with zero attached hydrogens (tertiary/aromatic N) is 1. The van der Waals surface area contributed by atoms with Gasteiger partial charge in [-0.15, -0.1) is 0 Å². The second-order valence-corrected chi connectivity index (χ2v) is 4.07. The van der Waals surface area contributed by atoms with E-state index in [9.17, 15) is 14.9 Å². The van der Waals surface area contributed by atoms with Gasteiger partial charge >= 0.3 is 0 Å². The van der Waals surface area contributed by atoms with Gasteiger partial charge in [-0.2, -0.15) is 0 Å². The molecule has 0 saturated heterocycles. The van der Waals surface area contributed by atoms with Crippen molar-refractivity contribution in [2.45, 2.75) is 26.2 Å². The van der Waals surface area contributed by atoms with Gasteiger partial charge in [-0.1, -0.05) is 6.07 Å². The van der Waals surface area contributed by atoms with Crippen LogP contribution in [0.4, 0.5) is 11.4 Å². The Hall–Kier alpha value is -1.95. The Morgan fingerprint density at radius 1 is 1.44 bits per heavy atom.